The van der Waals surface area contributed by atoms with Gasteiger partial charge in [-0.15, -0.1) is 0 Å². The predicted octanol–water partition coefficient (Wildman–Crippen LogP) is 3.23. The van der Waals surface area contributed by atoms with Gasteiger partial charge in [-0.05, 0) is 51.1 Å². The highest BCUT2D eigenvalue weighted by Crippen LogP contribution is 2.43. The van der Waals surface area contributed by atoms with Crippen LogP contribution in [0.4, 0.5) is 0 Å². The lowest BCUT2D eigenvalue weighted by molar-refractivity contribution is -0.184. The van der Waals surface area contributed by atoms with Crippen LogP contribution in [0, 0.1) is 5.92 Å². The maximum absolute atomic E-state index is 13.2. The van der Waals surface area contributed by atoms with Crippen LogP contribution >= 0.6 is 0 Å². The Bertz CT molecular complexity index is 613. The van der Waals surface area contributed by atoms with Gasteiger partial charge in [0.25, 0.3) is 0 Å². The summed E-state index contributed by atoms with van der Waals surface area (Å²) in [5.41, 5.74) is -0.827. The normalized spacial score (nSPS) is 32.5. The minimum absolute atomic E-state index is 0.0416. The highest BCUT2D eigenvalue weighted by Gasteiger charge is 2.50. The molecule has 1 N–H and O–H groups in total. The Labute approximate surface area is 150 Å². The van der Waals surface area contributed by atoms with E-state index in [1.807, 2.05) is 30.3 Å². The summed E-state index contributed by atoms with van der Waals surface area (Å²) < 4.78 is 5.99. The van der Waals surface area contributed by atoms with Crippen molar-refractivity contribution in [3.63, 3.8) is 0 Å². The molecule has 3 aliphatic rings. The number of likely N-dealkylation sites (N-methyl/N-ethyl adjacent to an activating group) is 1. The Morgan fingerprint density at radius 2 is 1.76 bits per heavy atom. The summed E-state index contributed by atoms with van der Waals surface area (Å²) in [7, 11) is 2.14. The van der Waals surface area contributed by atoms with E-state index in [1.165, 1.54) is 6.42 Å². The van der Waals surface area contributed by atoms with Gasteiger partial charge < -0.3 is 9.84 Å². The molecule has 0 aromatic heterocycles. The molecular weight excluding hydrogens is 314 g/mol. The van der Waals surface area contributed by atoms with E-state index in [0.29, 0.717) is 17.6 Å². The molecule has 136 valence electrons. The van der Waals surface area contributed by atoms with Crippen molar-refractivity contribution in [2.24, 2.45) is 5.92 Å². The Morgan fingerprint density at radius 1 is 1.08 bits per heavy atom. The Hall–Kier alpha value is -1.39. The highest BCUT2D eigenvalue weighted by molar-refractivity contribution is 5.82. The summed E-state index contributed by atoms with van der Waals surface area (Å²) in [5, 5.41) is 11.5. The molecule has 25 heavy (non-hydrogen) atoms. The second-order valence-corrected chi connectivity index (χ2v) is 8.10. The van der Waals surface area contributed by atoms with Crippen molar-refractivity contribution in [2.45, 2.75) is 75.2 Å². The number of esters is 1. The standard InChI is InChI=1S/C21H29NO3/c1-22-17-11-13-18(22)19(14-12-17)25-20(23)21(24,16-9-5-6-10-16)15-7-3-2-4-8-15/h2-4,7-8,16-19,24H,5-6,9-14H2,1H3/t17-,18+,19+,21-/m1/s1. The van der Waals surface area contributed by atoms with Crippen LogP contribution in [0.1, 0.15) is 56.9 Å². The third kappa shape index (κ3) is 2.89. The van der Waals surface area contributed by atoms with Gasteiger partial charge in [0, 0.05) is 18.0 Å². The zero-order valence-electron chi connectivity index (χ0n) is 15.1. The zero-order valence-corrected chi connectivity index (χ0v) is 15.1. The van der Waals surface area contributed by atoms with E-state index in [4.69, 9.17) is 4.74 Å². The maximum atomic E-state index is 13.2. The molecule has 1 saturated carbocycles. The first-order chi connectivity index (χ1) is 12.1. The maximum Gasteiger partial charge on any atom is 0.343 e. The van der Waals surface area contributed by atoms with Crippen molar-refractivity contribution in [1.82, 2.24) is 4.90 Å². The second-order valence-electron chi connectivity index (χ2n) is 8.10. The number of fused-ring (bicyclic) bond motifs is 2. The third-order valence-electron chi connectivity index (χ3n) is 6.84. The number of hydrogen-bond donors (Lipinski definition) is 1. The molecule has 4 atom stereocenters. The summed E-state index contributed by atoms with van der Waals surface area (Å²) in [6.07, 6.45) is 8.11. The van der Waals surface area contributed by atoms with E-state index in [1.54, 1.807) is 0 Å². The summed E-state index contributed by atoms with van der Waals surface area (Å²) in [5.74, 6) is -0.477. The highest BCUT2D eigenvalue weighted by atomic mass is 16.6. The molecule has 2 bridgehead atoms. The molecule has 1 aromatic rings. The van der Waals surface area contributed by atoms with Crippen molar-refractivity contribution < 1.29 is 14.6 Å². The third-order valence-corrected chi connectivity index (χ3v) is 6.84. The molecule has 4 nitrogen and oxygen atoms in total. The molecule has 4 rings (SSSR count). The first-order valence-corrected chi connectivity index (χ1v) is 9.81. The number of hydrogen-bond acceptors (Lipinski definition) is 4. The van der Waals surface area contributed by atoms with Gasteiger partial charge in [0.2, 0.25) is 0 Å². The van der Waals surface area contributed by atoms with Crippen LogP contribution in [0.5, 0.6) is 0 Å². The van der Waals surface area contributed by atoms with Gasteiger partial charge in [-0.1, -0.05) is 43.2 Å². The number of carbonyl (C=O) groups excluding carboxylic acids is 1. The average molecular weight is 343 g/mol. The molecule has 0 amide bonds. The van der Waals surface area contributed by atoms with Gasteiger partial charge in [-0.25, -0.2) is 4.79 Å². The molecule has 2 heterocycles. The number of nitrogens with zero attached hydrogens (tertiary/aromatic N) is 1. The Balaban J connectivity index is 1.58. The van der Waals surface area contributed by atoms with Gasteiger partial charge in [0.05, 0.1) is 0 Å². The van der Waals surface area contributed by atoms with E-state index in [9.17, 15) is 9.90 Å². The Kier molecular flexibility index (Phi) is 4.59. The van der Waals surface area contributed by atoms with Gasteiger partial charge in [-0.3, -0.25) is 4.90 Å². The van der Waals surface area contributed by atoms with E-state index in [2.05, 4.69) is 11.9 Å². The van der Waals surface area contributed by atoms with Crippen molar-refractivity contribution in [2.75, 3.05) is 7.05 Å². The van der Waals surface area contributed by atoms with Crippen LogP contribution in [0.2, 0.25) is 0 Å². The summed E-state index contributed by atoms with van der Waals surface area (Å²) in [6.45, 7) is 0. The average Bonchev–Trinajstić information content (AvgIpc) is 3.24. The SMILES string of the molecule is CN1[C@H]2CC[C@H](OC(=O)[C@@](O)(c3ccccc3)C3CCCC3)[C@@H]1CC2. The summed E-state index contributed by atoms with van der Waals surface area (Å²) in [4.78, 5) is 15.6. The van der Waals surface area contributed by atoms with E-state index >= 15 is 0 Å². The van der Waals surface area contributed by atoms with Gasteiger partial charge in [-0.2, -0.15) is 0 Å². The first kappa shape index (κ1) is 17.0. The molecule has 0 spiro atoms. The number of aliphatic hydroxyl groups is 1. The second kappa shape index (κ2) is 6.73. The quantitative estimate of drug-likeness (QED) is 0.853. The minimum atomic E-state index is -1.51. The number of piperidine rings is 1. The number of carbonyl (C=O) groups is 1. The van der Waals surface area contributed by atoms with Crippen LogP contribution < -0.4 is 0 Å². The summed E-state index contributed by atoms with van der Waals surface area (Å²) >= 11 is 0. The smallest absolute Gasteiger partial charge is 0.343 e. The molecule has 1 aliphatic carbocycles. The number of rotatable bonds is 4. The van der Waals surface area contributed by atoms with Gasteiger partial charge in [0.1, 0.15) is 6.10 Å². The van der Waals surface area contributed by atoms with E-state index in [-0.39, 0.29) is 12.0 Å². The summed E-state index contributed by atoms with van der Waals surface area (Å²) in [6, 6.07) is 10.4. The molecule has 0 unspecified atom stereocenters. The molecule has 1 aromatic carbocycles. The fourth-order valence-electron chi connectivity index (χ4n) is 5.31. The fourth-order valence-corrected chi connectivity index (χ4v) is 5.31. The van der Waals surface area contributed by atoms with Gasteiger partial charge >= 0.3 is 5.97 Å². The van der Waals surface area contributed by atoms with Crippen LogP contribution in [0.3, 0.4) is 0 Å². The van der Waals surface area contributed by atoms with Crippen LogP contribution in [-0.4, -0.2) is 41.2 Å². The van der Waals surface area contributed by atoms with Crippen molar-refractivity contribution >= 4 is 5.97 Å². The molecule has 3 fully saturated rings. The van der Waals surface area contributed by atoms with Crippen molar-refractivity contribution in [1.29, 1.82) is 0 Å². The van der Waals surface area contributed by atoms with E-state index < -0.39 is 11.6 Å². The monoisotopic (exact) mass is 343 g/mol. The largest absolute Gasteiger partial charge is 0.458 e. The lowest BCUT2D eigenvalue weighted by atomic mass is 9.80. The topological polar surface area (TPSA) is 49.8 Å². The number of ether oxygens (including phenoxy) is 1. The molecule has 2 aliphatic heterocycles. The molecule has 4 heteroatoms. The van der Waals surface area contributed by atoms with E-state index in [0.717, 1.165) is 44.9 Å². The minimum Gasteiger partial charge on any atom is -0.458 e. The van der Waals surface area contributed by atoms with Crippen molar-refractivity contribution in [3.05, 3.63) is 35.9 Å². The zero-order chi connectivity index (χ0) is 17.4. The predicted molar refractivity (Wildman–Crippen MR) is 96.0 cm³/mol. The van der Waals surface area contributed by atoms with Crippen molar-refractivity contribution in [3.8, 4) is 0 Å². The van der Waals surface area contributed by atoms with Crippen LogP contribution in [-0.2, 0) is 15.1 Å². The Morgan fingerprint density at radius 3 is 2.48 bits per heavy atom. The molecular formula is C21H29NO3. The van der Waals surface area contributed by atoms with Gasteiger partial charge in [0.15, 0.2) is 5.60 Å². The van der Waals surface area contributed by atoms with Crippen LogP contribution in [0.25, 0.3) is 0 Å². The first-order valence-electron chi connectivity index (χ1n) is 9.81. The lowest BCUT2D eigenvalue weighted by Gasteiger charge is -2.39. The number of benzene rings is 1. The fraction of sp³-hybridized carbons (Fsp3) is 0.667. The lowest BCUT2D eigenvalue weighted by Crippen LogP contribution is -2.51. The van der Waals surface area contributed by atoms with Crippen LogP contribution in [0.15, 0.2) is 30.3 Å². The molecule has 0 radical (unpaired) electrons. The molecule has 2 saturated heterocycles.